The molecular formula is C24H22N2O7. The Bertz CT molecular complexity index is 1210. The van der Waals surface area contributed by atoms with Crippen LogP contribution < -0.4 is 14.5 Å². The van der Waals surface area contributed by atoms with Gasteiger partial charge in [0.2, 0.25) is 11.5 Å². The van der Waals surface area contributed by atoms with E-state index in [9.17, 15) is 25.2 Å². The number of anilines is 1. The number of amides is 1. The Morgan fingerprint density at radius 1 is 0.818 bits per heavy atom. The van der Waals surface area contributed by atoms with Crippen LogP contribution in [0.15, 0.2) is 59.7 Å². The molecule has 0 saturated heterocycles. The predicted octanol–water partition coefficient (Wildman–Crippen LogP) is 3.24. The van der Waals surface area contributed by atoms with Gasteiger partial charge in [-0.05, 0) is 54.4 Å². The van der Waals surface area contributed by atoms with Crippen LogP contribution in [0.25, 0.3) is 0 Å². The van der Waals surface area contributed by atoms with Crippen LogP contribution in [0.3, 0.4) is 0 Å². The van der Waals surface area contributed by atoms with Crippen molar-refractivity contribution in [1.29, 1.82) is 0 Å². The Kier molecular flexibility index (Phi) is 5.25. The van der Waals surface area contributed by atoms with Gasteiger partial charge in [0.25, 0.3) is 5.91 Å². The Morgan fingerprint density at radius 2 is 1.30 bits per heavy atom. The molecule has 170 valence electrons. The van der Waals surface area contributed by atoms with Crippen molar-refractivity contribution in [2.75, 3.05) is 19.2 Å². The highest BCUT2D eigenvalue weighted by atomic mass is 16.5. The molecule has 4 rings (SSSR count). The molecule has 1 aliphatic heterocycles. The fourth-order valence-electron chi connectivity index (χ4n) is 4.09. The van der Waals surface area contributed by atoms with Crippen LogP contribution in [0.1, 0.15) is 18.1 Å². The Morgan fingerprint density at radius 3 is 1.76 bits per heavy atom. The van der Waals surface area contributed by atoms with Crippen molar-refractivity contribution in [3.8, 4) is 34.5 Å². The number of phenolic OH excluding ortho intramolecular Hbond substituents is 4. The highest BCUT2D eigenvalue weighted by Gasteiger charge is 2.53. The van der Waals surface area contributed by atoms with Crippen molar-refractivity contribution in [2.24, 2.45) is 5.10 Å². The molecule has 9 heteroatoms. The minimum atomic E-state index is -1.65. The smallest absolute Gasteiger partial charge is 0.268 e. The normalized spacial score (nSPS) is 14.8. The monoisotopic (exact) mass is 450 g/mol. The maximum absolute atomic E-state index is 14.1. The summed E-state index contributed by atoms with van der Waals surface area (Å²) in [6.07, 6.45) is 0. The predicted molar refractivity (Wildman–Crippen MR) is 120 cm³/mol. The van der Waals surface area contributed by atoms with Crippen molar-refractivity contribution >= 4 is 17.3 Å². The summed E-state index contributed by atoms with van der Waals surface area (Å²) >= 11 is 0. The lowest BCUT2D eigenvalue weighted by molar-refractivity contribution is -0.120. The van der Waals surface area contributed by atoms with Gasteiger partial charge in [0, 0.05) is 0 Å². The van der Waals surface area contributed by atoms with Crippen LogP contribution >= 0.6 is 0 Å². The molecule has 9 nitrogen and oxygen atoms in total. The molecule has 1 heterocycles. The maximum atomic E-state index is 14.1. The van der Waals surface area contributed by atoms with E-state index in [1.54, 1.807) is 37.3 Å². The average molecular weight is 450 g/mol. The number of hydrazone groups is 1. The first-order valence-electron chi connectivity index (χ1n) is 9.91. The second-order valence-electron chi connectivity index (χ2n) is 7.48. The number of benzene rings is 3. The molecule has 3 aromatic carbocycles. The van der Waals surface area contributed by atoms with Crippen LogP contribution in [0.5, 0.6) is 34.5 Å². The van der Waals surface area contributed by atoms with E-state index in [0.717, 1.165) is 0 Å². The maximum Gasteiger partial charge on any atom is 0.268 e. The quantitative estimate of drug-likeness (QED) is 0.439. The van der Waals surface area contributed by atoms with Crippen molar-refractivity contribution in [2.45, 2.75) is 12.3 Å². The van der Waals surface area contributed by atoms with E-state index in [2.05, 4.69) is 5.10 Å². The van der Waals surface area contributed by atoms with Gasteiger partial charge >= 0.3 is 0 Å². The van der Waals surface area contributed by atoms with Gasteiger partial charge in [-0.3, -0.25) is 4.79 Å². The zero-order valence-electron chi connectivity index (χ0n) is 18.1. The lowest BCUT2D eigenvalue weighted by Crippen LogP contribution is -2.44. The van der Waals surface area contributed by atoms with Crippen molar-refractivity contribution < 1.29 is 34.7 Å². The number of carbonyl (C=O) groups excluding carboxylic acids is 1. The number of phenols is 4. The van der Waals surface area contributed by atoms with Crippen molar-refractivity contribution in [1.82, 2.24) is 0 Å². The second-order valence-corrected chi connectivity index (χ2v) is 7.48. The molecule has 0 saturated carbocycles. The molecule has 0 aromatic heterocycles. The third-order valence-corrected chi connectivity index (χ3v) is 5.72. The molecule has 1 aliphatic rings. The van der Waals surface area contributed by atoms with Crippen molar-refractivity contribution in [3.63, 3.8) is 0 Å². The molecule has 0 unspecified atom stereocenters. The van der Waals surface area contributed by atoms with E-state index in [-0.39, 0.29) is 22.6 Å². The van der Waals surface area contributed by atoms with Crippen LogP contribution in [0.4, 0.5) is 5.69 Å². The summed E-state index contributed by atoms with van der Waals surface area (Å²) in [6.45, 7) is 1.63. The summed E-state index contributed by atoms with van der Waals surface area (Å²) in [7, 11) is 2.63. The van der Waals surface area contributed by atoms with Gasteiger partial charge in [0.05, 0.1) is 25.6 Å². The summed E-state index contributed by atoms with van der Waals surface area (Å²) in [5, 5.41) is 46.8. The fraction of sp³-hybridized carbons (Fsp3) is 0.167. The first-order valence-corrected chi connectivity index (χ1v) is 9.91. The van der Waals surface area contributed by atoms with E-state index < -0.39 is 34.3 Å². The third kappa shape index (κ3) is 3.16. The van der Waals surface area contributed by atoms with Gasteiger partial charge in [-0.1, -0.05) is 18.2 Å². The molecule has 0 bridgehead atoms. The molecule has 0 atom stereocenters. The number of carbonyl (C=O) groups is 1. The number of nitrogens with zero attached hydrogens (tertiary/aromatic N) is 2. The molecule has 1 amide bonds. The lowest BCUT2D eigenvalue weighted by Gasteiger charge is -2.30. The van der Waals surface area contributed by atoms with Gasteiger partial charge in [0.15, 0.2) is 23.0 Å². The van der Waals surface area contributed by atoms with Gasteiger partial charge in [0.1, 0.15) is 5.41 Å². The standard InChI is InChI=1S/C24H22N2O7/c1-13-24(14-9-17(27)21(29)19(11-14)32-2,15-10-18(28)22(30)20(12-15)33-3)23(31)26(25-13)16-7-5-4-6-8-16/h4-12,27-30H,1-3H3. The number of hydrogen-bond donors (Lipinski definition) is 4. The summed E-state index contributed by atoms with van der Waals surface area (Å²) in [6, 6.07) is 14.1. The molecule has 0 radical (unpaired) electrons. The summed E-state index contributed by atoms with van der Waals surface area (Å²) < 4.78 is 10.4. The van der Waals surface area contributed by atoms with Gasteiger partial charge < -0.3 is 29.9 Å². The molecule has 4 N–H and O–H groups in total. The SMILES string of the molecule is COc1cc(C2(c3cc(O)c(O)c(OC)c3)C(=O)N(c3ccccc3)N=C2C)cc(O)c1O. The second kappa shape index (κ2) is 7.94. The number of aromatic hydroxyl groups is 4. The minimum absolute atomic E-state index is 0.0573. The summed E-state index contributed by atoms with van der Waals surface area (Å²) in [4.78, 5) is 14.1. The molecule has 0 fully saturated rings. The first kappa shape index (κ1) is 21.8. The molecular weight excluding hydrogens is 428 g/mol. The minimum Gasteiger partial charge on any atom is -0.504 e. The van der Waals surface area contributed by atoms with Gasteiger partial charge in [-0.15, -0.1) is 0 Å². The Labute approximate surface area is 189 Å². The van der Waals surface area contributed by atoms with Crippen LogP contribution in [-0.2, 0) is 10.2 Å². The largest absolute Gasteiger partial charge is 0.504 e. The number of hydrogen-bond acceptors (Lipinski definition) is 8. The number of para-hydroxylation sites is 1. The van der Waals surface area contributed by atoms with E-state index in [1.165, 1.54) is 43.5 Å². The molecule has 0 aliphatic carbocycles. The fourth-order valence-corrected chi connectivity index (χ4v) is 4.09. The Balaban J connectivity index is 2.06. The highest BCUT2D eigenvalue weighted by molar-refractivity contribution is 6.25. The third-order valence-electron chi connectivity index (χ3n) is 5.72. The number of ether oxygens (including phenoxy) is 2. The van der Waals surface area contributed by atoms with E-state index in [4.69, 9.17) is 9.47 Å². The average Bonchev–Trinajstić information content (AvgIpc) is 3.08. The zero-order valence-corrected chi connectivity index (χ0v) is 18.1. The lowest BCUT2D eigenvalue weighted by atomic mass is 9.70. The highest BCUT2D eigenvalue weighted by Crippen LogP contribution is 2.49. The zero-order chi connectivity index (χ0) is 23.9. The molecule has 0 spiro atoms. The summed E-state index contributed by atoms with van der Waals surface area (Å²) in [5.41, 5.74) is -0.366. The van der Waals surface area contributed by atoms with E-state index in [1.807, 2.05) is 0 Å². The first-order chi connectivity index (χ1) is 15.7. The van der Waals surface area contributed by atoms with E-state index >= 15 is 0 Å². The molecule has 33 heavy (non-hydrogen) atoms. The van der Waals surface area contributed by atoms with Crippen molar-refractivity contribution in [3.05, 3.63) is 65.7 Å². The van der Waals surface area contributed by atoms with Gasteiger partial charge in [-0.2, -0.15) is 10.1 Å². The number of methoxy groups -OCH3 is 2. The van der Waals surface area contributed by atoms with Gasteiger partial charge in [-0.25, -0.2) is 0 Å². The van der Waals surface area contributed by atoms with E-state index in [0.29, 0.717) is 11.4 Å². The van der Waals surface area contributed by atoms with Crippen LogP contribution in [0, 0.1) is 0 Å². The number of rotatable bonds is 5. The Hall–Kier alpha value is -4.40. The summed E-state index contributed by atoms with van der Waals surface area (Å²) in [5.74, 6) is -2.60. The molecule has 3 aromatic rings. The topological polar surface area (TPSA) is 132 Å². The van der Waals surface area contributed by atoms with Crippen LogP contribution in [-0.4, -0.2) is 46.3 Å². The van der Waals surface area contributed by atoms with Crippen LogP contribution in [0.2, 0.25) is 0 Å².